The standard InChI is InChI=1S/C16H12ClN3O2S/c17-12-3-7-14(8-4-12)22-10-16(21)19-13-5-1-11(2-6-13)15-9-18-20-23-15/h1-9H,10H2,(H,19,21). The van der Waals surface area contributed by atoms with Crippen molar-refractivity contribution >= 4 is 34.7 Å². The Morgan fingerprint density at radius 3 is 2.52 bits per heavy atom. The molecule has 1 heterocycles. The maximum absolute atomic E-state index is 11.9. The highest BCUT2D eigenvalue weighted by atomic mass is 35.5. The predicted octanol–water partition coefficient (Wildman–Crippen LogP) is 3.88. The van der Waals surface area contributed by atoms with Crippen LogP contribution < -0.4 is 10.1 Å². The number of rotatable bonds is 5. The monoisotopic (exact) mass is 345 g/mol. The largest absolute Gasteiger partial charge is 0.484 e. The summed E-state index contributed by atoms with van der Waals surface area (Å²) in [7, 11) is 0. The average molecular weight is 346 g/mol. The molecule has 0 aliphatic rings. The molecule has 116 valence electrons. The lowest BCUT2D eigenvalue weighted by molar-refractivity contribution is -0.118. The SMILES string of the molecule is O=C(COc1ccc(Cl)cc1)Nc1ccc(-c2cnns2)cc1. The molecular weight excluding hydrogens is 334 g/mol. The van der Waals surface area contributed by atoms with Crippen molar-refractivity contribution in [2.45, 2.75) is 0 Å². The summed E-state index contributed by atoms with van der Waals surface area (Å²) in [5, 5.41) is 7.20. The number of carbonyl (C=O) groups is 1. The van der Waals surface area contributed by atoms with Crippen LogP contribution in [0.2, 0.25) is 5.02 Å². The van der Waals surface area contributed by atoms with Gasteiger partial charge in [0.15, 0.2) is 6.61 Å². The molecule has 0 saturated heterocycles. The molecule has 0 aliphatic heterocycles. The first-order valence-electron chi connectivity index (χ1n) is 6.77. The first kappa shape index (κ1) is 15.5. The van der Waals surface area contributed by atoms with Crippen LogP contribution in [0.3, 0.4) is 0 Å². The fourth-order valence-corrected chi connectivity index (χ4v) is 2.53. The molecule has 23 heavy (non-hydrogen) atoms. The molecule has 7 heteroatoms. The summed E-state index contributed by atoms with van der Waals surface area (Å²) < 4.78 is 9.22. The minimum atomic E-state index is -0.229. The third-order valence-electron chi connectivity index (χ3n) is 3.00. The van der Waals surface area contributed by atoms with Gasteiger partial charge in [-0.05, 0) is 53.5 Å². The van der Waals surface area contributed by atoms with Crippen LogP contribution in [0.15, 0.2) is 54.7 Å². The van der Waals surface area contributed by atoms with E-state index in [1.165, 1.54) is 11.5 Å². The van der Waals surface area contributed by atoms with Gasteiger partial charge in [-0.15, -0.1) is 5.10 Å². The summed E-state index contributed by atoms with van der Waals surface area (Å²) >= 11 is 7.11. The smallest absolute Gasteiger partial charge is 0.262 e. The van der Waals surface area contributed by atoms with Gasteiger partial charge in [0.05, 0.1) is 11.1 Å². The Balaban J connectivity index is 1.54. The Morgan fingerprint density at radius 1 is 1.13 bits per heavy atom. The summed E-state index contributed by atoms with van der Waals surface area (Å²) in [6.45, 7) is -0.0673. The topological polar surface area (TPSA) is 64.1 Å². The number of carbonyl (C=O) groups excluding carboxylic acids is 1. The minimum absolute atomic E-state index is 0.0673. The lowest BCUT2D eigenvalue weighted by Crippen LogP contribution is -2.20. The van der Waals surface area contributed by atoms with Crippen molar-refractivity contribution in [3.8, 4) is 16.2 Å². The van der Waals surface area contributed by atoms with Gasteiger partial charge in [0, 0.05) is 10.7 Å². The van der Waals surface area contributed by atoms with E-state index in [0.717, 1.165) is 10.4 Å². The number of aromatic nitrogens is 2. The van der Waals surface area contributed by atoms with E-state index in [2.05, 4.69) is 14.9 Å². The van der Waals surface area contributed by atoms with Gasteiger partial charge in [0.2, 0.25) is 0 Å². The Labute approximate surface area is 142 Å². The molecule has 0 unspecified atom stereocenters. The number of halogens is 1. The molecule has 3 rings (SSSR count). The molecule has 0 fully saturated rings. The van der Waals surface area contributed by atoms with Crippen molar-refractivity contribution in [1.29, 1.82) is 0 Å². The molecule has 0 spiro atoms. The number of nitrogens with one attached hydrogen (secondary N) is 1. The van der Waals surface area contributed by atoms with E-state index in [1.807, 2.05) is 24.3 Å². The molecule has 0 aliphatic carbocycles. The summed E-state index contributed by atoms with van der Waals surface area (Å²) in [5.74, 6) is 0.366. The molecule has 1 N–H and O–H groups in total. The Kier molecular flexibility index (Phi) is 4.85. The second-order valence-corrected chi connectivity index (χ2v) is 5.87. The fraction of sp³-hybridized carbons (Fsp3) is 0.0625. The van der Waals surface area contributed by atoms with E-state index in [1.54, 1.807) is 30.5 Å². The van der Waals surface area contributed by atoms with Crippen LogP contribution in [0, 0.1) is 0 Å². The van der Waals surface area contributed by atoms with Gasteiger partial charge >= 0.3 is 0 Å². The lowest BCUT2D eigenvalue weighted by Gasteiger charge is -2.08. The zero-order chi connectivity index (χ0) is 16.1. The van der Waals surface area contributed by atoms with Crippen molar-refractivity contribution in [3.05, 3.63) is 59.8 Å². The summed E-state index contributed by atoms with van der Waals surface area (Å²) in [6.07, 6.45) is 1.71. The van der Waals surface area contributed by atoms with Crippen LogP contribution in [0.25, 0.3) is 10.4 Å². The molecular formula is C16H12ClN3O2S. The van der Waals surface area contributed by atoms with Crippen molar-refractivity contribution in [2.75, 3.05) is 11.9 Å². The van der Waals surface area contributed by atoms with Crippen LogP contribution in [-0.2, 0) is 4.79 Å². The number of anilines is 1. The van der Waals surface area contributed by atoms with Gasteiger partial charge in [-0.25, -0.2) is 0 Å². The van der Waals surface area contributed by atoms with Crippen LogP contribution >= 0.6 is 23.1 Å². The Hall–Kier alpha value is -2.44. The number of hydrogen-bond donors (Lipinski definition) is 1. The second kappa shape index (κ2) is 7.21. The molecule has 5 nitrogen and oxygen atoms in total. The molecule has 1 aromatic heterocycles. The molecule has 2 aromatic carbocycles. The number of ether oxygens (including phenoxy) is 1. The van der Waals surface area contributed by atoms with Crippen LogP contribution in [0.1, 0.15) is 0 Å². The molecule has 3 aromatic rings. The lowest BCUT2D eigenvalue weighted by atomic mass is 10.2. The zero-order valence-electron chi connectivity index (χ0n) is 11.9. The maximum Gasteiger partial charge on any atom is 0.262 e. The quantitative estimate of drug-likeness (QED) is 0.762. The molecule has 0 saturated carbocycles. The summed E-state index contributed by atoms with van der Waals surface area (Å²) in [6, 6.07) is 14.3. The Morgan fingerprint density at radius 2 is 1.87 bits per heavy atom. The fourth-order valence-electron chi connectivity index (χ4n) is 1.89. The van der Waals surface area contributed by atoms with Gasteiger partial charge in [0.1, 0.15) is 5.75 Å². The normalized spacial score (nSPS) is 10.3. The molecule has 0 atom stereocenters. The first-order chi connectivity index (χ1) is 11.2. The predicted molar refractivity (Wildman–Crippen MR) is 90.9 cm³/mol. The summed E-state index contributed by atoms with van der Waals surface area (Å²) in [4.78, 5) is 12.9. The number of amides is 1. The molecule has 0 radical (unpaired) electrons. The Bertz CT molecular complexity index is 774. The van der Waals surface area contributed by atoms with E-state index < -0.39 is 0 Å². The molecule has 1 amide bonds. The van der Waals surface area contributed by atoms with Crippen molar-refractivity contribution in [3.63, 3.8) is 0 Å². The van der Waals surface area contributed by atoms with Gasteiger partial charge in [-0.3, -0.25) is 4.79 Å². The van der Waals surface area contributed by atoms with Gasteiger partial charge in [0.25, 0.3) is 5.91 Å². The van der Waals surface area contributed by atoms with E-state index in [4.69, 9.17) is 16.3 Å². The van der Waals surface area contributed by atoms with Crippen molar-refractivity contribution in [1.82, 2.24) is 9.59 Å². The van der Waals surface area contributed by atoms with Crippen molar-refractivity contribution < 1.29 is 9.53 Å². The van der Waals surface area contributed by atoms with Crippen LogP contribution in [-0.4, -0.2) is 22.1 Å². The van der Waals surface area contributed by atoms with Gasteiger partial charge in [-0.2, -0.15) is 0 Å². The third-order valence-corrected chi connectivity index (χ3v) is 3.96. The maximum atomic E-state index is 11.9. The van der Waals surface area contributed by atoms with E-state index in [0.29, 0.717) is 16.5 Å². The molecule has 0 bridgehead atoms. The second-order valence-electron chi connectivity index (χ2n) is 4.65. The van der Waals surface area contributed by atoms with E-state index in [-0.39, 0.29) is 12.5 Å². The van der Waals surface area contributed by atoms with Crippen LogP contribution in [0.5, 0.6) is 5.75 Å². The zero-order valence-corrected chi connectivity index (χ0v) is 13.5. The minimum Gasteiger partial charge on any atom is -0.484 e. The summed E-state index contributed by atoms with van der Waals surface area (Å²) in [5.41, 5.74) is 1.71. The highest BCUT2D eigenvalue weighted by molar-refractivity contribution is 7.09. The first-order valence-corrected chi connectivity index (χ1v) is 7.92. The highest BCUT2D eigenvalue weighted by Crippen LogP contribution is 2.23. The van der Waals surface area contributed by atoms with Gasteiger partial charge in [-0.1, -0.05) is 28.2 Å². The highest BCUT2D eigenvalue weighted by Gasteiger charge is 2.05. The number of hydrogen-bond acceptors (Lipinski definition) is 5. The van der Waals surface area contributed by atoms with Crippen LogP contribution in [0.4, 0.5) is 5.69 Å². The van der Waals surface area contributed by atoms with Gasteiger partial charge < -0.3 is 10.1 Å². The number of nitrogens with zero attached hydrogens (tertiary/aromatic N) is 2. The van der Waals surface area contributed by atoms with Crippen molar-refractivity contribution in [2.24, 2.45) is 0 Å². The number of benzene rings is 2. The third kappa shape index (κ3) is 4.28. The average Bonchev–Trinajstić information content (AvgIpc) is 3.09. The van der Waals surface area contributed by atoms with E-state index >= 15 is 0 Å². The van der Waals surface area contributed by atoms with E-state index in [9.17, 15) is 4.79 Å².